The van der Waals surface area contributed by atoms with Gasteiger partial charge in [0, 0.05) is 43.1 Å². The van der Waals surface area contributed by atoms with Crippen molar-refractivity contribution in [3.05, 3.63) is 36.0 Å². The van der Waals surface area contributed by atoms with Gasteiger partial charge in [-0.1, -0.05) is 13.8 Å². The second-order valence-corrected chi connectivity index (χ2v) is 9.59. The van der Waals surface area contributed by atoms with Gasteiger partial charge in [0.05, 0.1) is 7.11 Å². The van der Waals surface area contributed by atoms with Crippen molar-refractivity contribution in [3.8, 4) is 11.8 Å². The van der Waals surface area contributed by atoms with Gasteiger partial charge in [0.1, 0.15) is 0 Å². The summed E-state index contributed by atoms with van der Waals surface area (Å²) < 4.78 is 50.0. The number of halogens is 3. The van der Waals surface area contributed by atoms with Gasteiger partial charge in [-0.15, -0.1) is 5.10 Å². The van der Waals surface area contributed by atoms with E-state index in [0.29, 0.717) is 29.3 Å². The van der Waals surface area contributed by atoms with Crippen LogP contribution in [0.1, 0.15) is 38.2 Å². The molecule has 3 aromatic rings. The summed E-state index contributed by atoms with van der Waals surface area (Å²) in [5, 5.41) is 8.02. The molecule has 2 fully saturated rings. The van der Waals surface area contributed by atoms with Gasteiger partial charge in [-0.25, -0.2) is 4.98 Å². The van der Waals surface area contributed by atoms with E-state index >= 15 is 0 Å². The zero-order chi connectivity index (χ0) is 24.7. The van der Waals surface area contributed by atoms with Gasteiger partial charge in [-0.05, 0) is 48.3 Å². The van der Waals surface area contributed by atoms with Crippen molar-refractivity contribution < 1.29 is 22.6 Å². The lowest BCUT2D eigenvalue weighted by Gasteiger charge is -2.39. The molecule has 0 spiro atoms. The second kappa shape index (κ2) is 9.09. The lowest BCUT2D eigenvalue weighted by atomic mass is 9.92. The normalized spacial score (nSPS) is 22.1. The van der Waals surface area contributed by atoms with Crippen molar-refractivity contribution in [3.63, 3.8) is 0 Å². The summed E-state index contributed by atoms with van der Waals surface area (Å²) in [7, 11) is 1.61. The van der Waals surface area contributed by atoms with Gasteiger partial charge < -0.3 is 19.7 Å². The zero-order valence-corrected chi connectivity index (χ0v) is 19.9. The van der Waals surface area contributed by atoms with Crippen LogP contribution in [0.3, 0.4) is 0 Å². The van der Waals surface area contributed by atoms with Crippen molar-refractivity contribution >= 4 is 17.3 Å². The summed E-state index contributed by atoms with van der Waals surface area (Å²) >= 11 is 0. The molecule has 1 saturated carbocycles. The van der Waals surface area contributed by atoms with E-state index in [0.717, 1.165) is 37.2 Å². The molecular weight excluding hydrogens is 461 g/mol. The molecule has 4 heterocycles. The number of aromatic nitrogens is 4. The van der Waals surface area contributed by atoms with Gasteiger partial charge in [-0.2, -0.15) is 22.7 Å². The van der Waals surface area contributed by atoms with E-state index in [-0.39, 0.29) is 17.8 Å². The number of piperidine rings is 1. The molecule has 1 N–H and O–H groups in total. The van der Waals surface area contributed by atoms with Crippen molar-refractivity contribution in [2.75, 3.05) is 37.0 Å². The molecule has 8 nitrogen and oxygen atoms in total. The fourth-order valence-electron chi connectivity index (χ4n) is 5.26. The highest BCUT2D eigenvalue weighted by molar-refractivity contribution is 5.55. The Morgan fingerprint density at radius 2 is 1.89 bits per heavy atom. The SMILES string of the molecule is COc1cc(N2C[C@H]3CC[C@@H](C2)[C@@H]3Nc2nc3c(C(C)C)ccc(OCC(F)(F)F)n3n2)ccn1. The van der Waals surface area contributed by atoms with Crippen molar-refractivity contribution in [1.29, 1.82) is 0 Å². The van der Waals surface area contributed by atoms with Gasteiger partial charge >= 0.3 is 6.18 Å². The average Bonchev–Trinajstić information content (AvgIpc) is 3.33. The van der Waals surface area contributed by atoms with Crippen molar-refractivity contribution in [1.82, 2.24) is 19.6 Å². The van der Waals surface area contributed by atoms with E-state index in [9.17, 15) is 13.2 Å². The number of fused-ring (bicyclic) bond motifs is 3. The van der Waals surface area contributed by atoms with Crippen molar-refractivity contribution in [2.45, 2.75) is 44.8 Å². The minimum atomic E-state index is -4.43. The maximum Gasteiger partial charge on any atom is 0.422 e. The predicted molar refractivity (Wildman–Crippen MR) is 125 cm³/mol. The van der Waals surface area contributed by atoms with Gasteiger partial charge in [0.15, 0.2) is 12.3 Å². The molecule has 1 aliphatic heterocycles. The summed E-state index contributed by atoms with van der Waals surface area (Å²) in [6, 6.07) is 7.42. The Kier molecular flexibility index (Phi) is 6.10. The first kappa shape index (κ1) is 23.5. The highest BCUT2D eigenvalue weighted by atomic mass is 19.4. The molecule has 0 unspecified atom stereocenters. The standard InChI is InChI=1S/C24H29F3N6O2/c1-14(2)18-6-7-20(35-13-24(25,26)27)33-22(18)30-23(31-33)29-21-15-4-5-16(21)12-32(11-15)17-8-9-28-19(10-17)34-3/h6-10,14-16,21H,4-5,11-13H2,1-3H3,(H,29,31)/t15-,16+,21-. The number of rotatable bonds is 7. The summed E-state index contributed by atoms with van der Waals surface area (Å²) in [6.07, 6.45) is -0.500. The molecule has 0 aromatic carbocycles. The van der Waals surface area contributed by atoms with E-state index in [4.69, 9.17) is 9.47 Å². The van der Waals surface area contributed by atoms with E-state index in [1.54, 1.807) is 19.4 Å². The molecule has 0 amide bonds. The minimum absolute atomic E-state index is 0.0201. The van der Waals surface area contributed by atoms with E-state index < -0.39 is 12.8 Å². The molecule has 2 aliphatic rings. The summed E-state index contributed by atoms with van der Waals surface area (Å²) in [5.74, 6) is 1.94. The Hall–Kier alpha value is -3.24. The van der Waals surface area contributed by atoms with Crippen LogP contribution in [0.2, 0.25) is 0 Å². The molecule has 3 aromatic heterocycles. The van der Waals surface area contributed by atoms with E-state index in [1.807, 2.05) is 26.0 Å². The number of pyridine rings is 2. The fraction of sp³-hybridized carbons (Fsp3) is 0.542. The lowest BCUT2D eigenvalue weighted by molar-refractivity contribution is -0.154. The summed E-state index contributed by atoms with van der Waals surface area (Å²) in [5.41, 5.74) is 2.50. The van der Waals surface area contributed by atoms with Crippen LogP contribution in [0, 0.1) is 11.8 Å². The average molecular weight is 491 g/mol. The quantitative estimate of drug-likeness (QED) is 0.522. The van der Waals surface area contributed by atoms with Crippen LogP contribution in [-0.2, 0) is 0 Å². The number of nitrogens with one attached hydrogen (secondary N) is 1. The van der Waals surface area contributed by atoms with Crippen LogP contribution in [0.25, 0.3) is 5.65 Å². The molecule has 5 rings (SSSR count). The minimum Gasteiger partial charge on any atom is -0.481 e. The molecule has 1 aliphatic carbocycles. The van der Waals surface area contributed by atoms with Crippen molar-refractivity contribution in [2.24, 2.45) is 11.8 Å². The lowest BCUT2D eigenvalue weighted by Crippen LogP contribution is -2.48. The first-order valence-corrected chi connectivity index (χ1v) is 11.8. The van der Waals surface area contributed by atoms with Crippen LogP contribution in [0.15, 0.2) is 30.5 Å². The smallest absolute Gasteiger partial charge is 0.422 e. The third-order valence-electron chi connectivity index (χ3n) is 6.91. The Morgan fingerprint density at radius 1 is 1.14 bits per heavy atom. The first-order chi connectivity index (χ1) is 16.7. The number of alkyl halides is 3. The topological polar surface area (TPSA) is 76.8 Å². The monoisotopic (exact) mass is 490 g/mol. The number of anilines is 2. The highest BCUT2D eigenvalue weighted by Crippen LogP contribution is 2.40. The maximum atomic E-state index is 12.8. The van der Waals surface area contributed by atoms with Gasteiger partial charge in [0.25, 0.3) is 0 Å². The molecular formula is C24H29F3N6O2. The van der Waals surface area contributed by atoms with Crippen LogP contribution < -0.4 is 19.7 Å². The predicted octanol–water partition coefficient (Wildman–Crippen LogP) is 4.52. The Bertz CT molecular complexity index is 1180. The highest BCUT2D eigenvalue weighted by Gasteiger charge is 2.42. The number of hydrogen-bond acceptors (Lipinski definition) is 7. The van der Waals surface area contributed by atoms with Crippen LogP contribution in [0.5, 0.6) is 11.8 Å². The first-order valence-electron chi connectivity index (χ1n) is 11.8. The zero-order valence-electron chi connectivity index (χ0n) is 19.9. The number of nitrogens with zero attached hydrogens (tertiary/aromatic N) is 5. The van der Waals surface area contributed by atoms with E-state index in [1.165, 1.54) is 10.6 Å². The van der Waals surface area contributed by atoms with Crippen LogP contribution in [-0.4, -0.2) is 58.6 Å². The number of hydrogen-bond donors (Lipinski definition) is 1. The molecule has 1 saturated heterocycles. The fourth-order valence-corrected chi connectivity index (χ4v) is 5.26. The Morgan fingerprint density at radius 3 is 2.54 bits per heavy atom. The van der Waals surface area contributed by atoms with Gasteiger partial charge in [-0.3, -0.25) is 0 Å². The third kappa shape index (κ3) is 4.81. The molecule has 35 heavy (non-hydrogen) atoms. The summed E-state index contributed by atoms with van der Waals surface area (Å²) in [6.45, 7) is 4.40. The van der Waals surface area contributed by atoms with Crippen LogP contribution >= 0.6 is 0 Å². The second-order valence-electron chi connectivity index (χ2n) is 9.59. The van der Waals surface area contributed by atoms with Crippen LogP contribution in [0.4, 0.5) is 24.8 Å². The molecule has 188 valence electrons. The van der Waals surface area contributed by atoms with Gasteiger partial charge in [0.2, 0.25) is 17.7 Å². The molecule has 0 radical (unpaired) electrons. The Balaban J connectivity index is 1.37. The van der Waals surface area contributed by atoms with E-state index in [2.05, 4.69) is 25.3 Å². The number of ether oxygens (including phenoxy) is 2. The Labute approximate surface area is 201 Å². The largest absolute Gasteiger partial charge is 0.481 e. The molecule has 2 bridgehead atoms. The summed E-state index contributed by atoms with van der Waals surface area (Å²) in [4.78, 5) is 11.2. The maximum absolute atomic E-state index is 12.8. The number of methoxy groups -OCH3 is 1. The molecule has 3 atom stereocenters. The molecule has 11 heteroatoms. The third-order valence-corrected chi connectivity index (χ3v) is 6.91.